The van der Waals surface area contributed by atoms with Gasteiger partial charge in [0.15, 0.2) is 0 Å². The summed E-state index contributed by atoms with van der Waals surface area (Å²) in [5, 5.41) is 0. The average molecular weight is 302 g/mol. The van der Waals surface area contributed by atoms with Crippen molar-refractivity contribution in [2.24, 2.45) is 5.92 Å². The van der Waals surface area contributed by atoms with Crippen molar-refractivity contribution in [3.05, 3.63) is 35.4 Å². The van der Waals surface area contributed by atoms with E-state index in [4.69, 9.17) is 0 Å². The maximum absolute atomic E-state index is 2.66. The third kappa shape index (κ3) is 5.43. The van der Waals surface area contributed by atoms with Gasteiger partial charge in [0, 0.05) is 6.54 Å². The monoisotopic (exact) mass is 301 g/mol. The Morgan fingerprint density at radius 2 is 1.68 bits per heavy atom. The van der Waals surface area contributed by atoms with E-state index in [9.17, 15) is 0 Å². The maximum atomic E-state index is 2.66. The molecule has 0 saturated carbocycles. The molecular weight excluding hydrogens is 266 g/mol. The molecule has 0 amide bonds. The fourth-order valence-electron chi connectivity index (χ4n) is 3.93. The molecule has 22 heavy (non-hydrogen) atoms. The highest BCUT2D eigenvalue weighted by Crippen LogP contribution is 2.25. The molecule has 0 aliphatic carbocycles. The van der Waals surface area contributed by atoms with Crippen molar-refractivity contribution in [2.75, 3.05) is 19.6 Å². The van der Waals surface area contributed by atoms with E-state index in [1.165, 1.54) is 75.7 Å². The Labute approximate surface area is 138 Å². The van der Waals surface area contributed by atoms with Crippen LogP contribution in [-0.4, -0.2) is 24.5 Å². The summed E-state index contributed by atoms with van der Waals surface area (Å²) in [5.41, 5.74) is 3.05. The molecule has 2 rings (SSSR count). The van der Waals surface area contributed by atoms with Gasteiger partial charge in [0.2, 0.25) is 0 Å². The average Bonchev–Trinajstić information content (AvgIpc) is 2.54. The van der Waals surface area contributed by atoms with Crippen molar-refractivity contribution in [3.8, 4) is 0 Å². The van der Waals surface area contributed by atoms with Crippen molar-refractivity contribution in [1.82, 2.24) is 4.90 Å². The van der Waals surface area contributed by atoms with E-state index in [0.29, 0.717) is 0 Å². The van der Waals surface area contributed by atoms with Gasteiger partial charge in [0.05, 0.1) is 0 Å². The smallest absolute Gasteiger partial charge is 0.00102 e. The summed E-state index contributed by atoms with van der Waals surface area (Å²) in [5.74, 6) is 1.52. The zero-order valence-electron chi connectivity index (χ0n) is 15.0. The molecule has 1 aromatic carbocycles. The van der Waals surface area contributed by atoms with Crippen molar-refractivity contribution in [1.29, 1.82) is 0 Å². The lowest BCUT2D eigenvalue weighted by Crippen LogP contribution is -2.34. The van der Waals surface area contributed by atoms with Crippen LogP contribution in [0.2, 0.25) is 0 Å². The summed E-state index contributed by atoms with van der Waals surface area (Å²) in [6, 6.07) is 9.51. The summed E-state index contributed by atoms with van der Waals surface area (Å²) >= 11 is 0. The largest absolute Gasteiger partial charge is 0.303 e. The highest BCUT2D eigenvalue weighted by atomic mass is 15.1. The van der Waals surface area contributed by atoms with Crippen molar-refractivity contribution < 1.29 is 0 Å². The molecule has 2 unspecified atom stereocenters. The van der Waals surface area contributed by atoms with Gasteiger partial charge in [-0.25, -0.2) is 0 Å². The molecule has 0 radical (unpaired) electrons. The van der Waals surface area contributed by atoms with Gasteiger partial charge in [-0.3, -0.25) is 0 Å². The third-order valence-corrected chi connectivity index (χ3v) is 5.18. The first-order chi connectivity index (χ1) is 10.7. The molecule has 2 atom stereocenters. The van der Waals surface area contributed by atoms with Gasteiger partial charge in [-0.05, 0) is 68.2 Å². The van der Waals surface area contributed by atoms with E-state index in [0.717, 1.165) is 11.8 Å². The fourth-order valence-corrected chi connectivity index (χ4v) is 3.93. The zero-order chi connectivity index (χ0) is 15.8. The first kappa shape index (κ1) is 17.5. The van der Waals surface area contributed by atoms with Crippen LogP contribution in [0.4, 0.5) is 0 Å². The minimum absolute atomic E-state index is 0.754. The molecule has 1 aliphatic rings. The maximum Gasteiger partial charge on any atom is 0.00102 e. The van der Waals surface area contributed by atoms with Crippen LogP contribution in [0.3, 0.4) is 0 Å². The minimum atomic E-state index is 0.754. The van der Waals surface area contributed by atoms with E-state index >= 15 is 0 Å². The molecule has 124 valence electrons. The molecule has 0 bridgehead atoms. The van der Waals surface area contributed by atoms with Gasteiger partial charge >= 0.3 is 0 Å². The van der Waals surface area contributed by atoms with Gasteiger partial charge in [0.25, 0.3) is 0 Å². The topological polar surface area (TPSA) is 3.24 Å². The van der Waals surface area contributed by atoms with Crippen LogP contribution in [0.1, 0.15) is 76.3 Å². The van der Waals surface area contributed by atoms with Crippen LogP contribution < -0.4 is 0 Å². The lowest BCUT2D eigenvalue weighted by molar-refractivity contribution is 0.200. The van der Waals surface area contributed by atoms with E-state index in [1.807, 2.05) is 0 Å². The minimum Gasteiger partial charge on any atom is -0.303 e. The number of rotatable bonds is 8. The Kier molecular flexibility index (Phi) is 7.45. The van der Waals surface area contributed by atoms with Gasteiger partial charge in [-0.1, -0.05) is 57.9 Å². The van der Waals surface area contributed by atoms with Crippen LogP contribution in [0.5, 0.6) is 0 Å². The Bertz CT molecular complexity index is 402. The summed E-state index contributed by atoms with van der Waals surface area (Å²) in [6.07, 6.45) is 9.32. The molecule has 1 heteroatoms. The second-order valence-corrected chi connectivity index (χ2v) is 7.31. The van der Waals surface area contributed by atoms with Gasteiger partial charge in [-0.2, -0.15) is 0 Å². The summed E-state index contributed by atoms with van der Waals surface area (Å²) in [6.45, 7) is 10.9. The molecule has 0 N–H and O–H groups in total. The fraction of sp³-hybridized carbons (Fsp3) is 0.714. The zero-order valence-corrected chi connectivity index (χ0v) is 15.0. The Hall–Kier alpha value is -0.820. The number of likely N-dealkylation sites (tertiary alicyclic amines) is 1. The van der Waals surface area contributed by atoms with E-state index in [-0.39, 0.29) is 0 Å². The SMILES string of the molecule is CCCC(CC)c1ccc(CC(C)CN2CCCCC2)cc1. The van der Waals surface area contributed by atoms with Crippen LogP contribution in [0.15, 0.2) is 24.3 Å². The van der Waals surface area contributed by atoms with Gasteiger partial charge in [0.1, 0.15) is 0 Å². The highest BCUT2D eigenvalue weighted by molar-refractivity contribution is 5.25. The van der Waals surface area contributed by atoms with Gasteiger partial charge < -0.3 is 4.90 Å². The molecule has 0 spiro atoms. The molecule has 0 aromatic heterocycles. The second kappa shape index (κ2) is 9.35. The number of benzene rings is 1. The standard InChI is InChI=1S/C21H35N/c1-4-9-20(5-2)21-12-10-19(11-13-21)16-18(3)17-22-14-7-6-8-15-22/h10-13,18,20H,4-9,14-17H2,1-3H3. The van der Waals surface area contributed by atoms with Crippen molar-refractivity contribution in [2.45, 2.75) is 71.6 Å². The van der Waals surface area contributed by atoms with E-state index in [1.54, 1.807) is 0 Å². The second-order valence-electron chi connectivity index (χ2n) is 7.31. The van der Waals surface area contributed by atoms with Crippen LogP contribution in [-0.2, 0) is 6.42 Å². The predicted octanol–water partition coefficient (Wildman–Crippen LogP) is 5.64. The quantitative estimate of drug-likeness (QED) is 0.600. The van der Waals surface area contributed by atoms with Crippen molar-refractivity contribution >= 4 is 0 Å². The Balaban J connectivity index is 1.84. The van der Waals surface area contributed by atoms with Gasteiger partial charge in [-0.15, -0.1) is 0 Å². The van der Waals surface area contributed by atoms with E-state index < -0.39 is 0 Å². The normalized spacial score (nSPS) is 19.0. The summed E-state index contributed by atoms with van der Waals surface area (Å²) in [7, 11) is 0. The lowest BCUT2D eigenvalue weighted by atomic mass is 9.90. The third-order valence-electron chi connectivity index (χ3n) is 5.18. The molecule has 1 nitrogen and oxygen atoms in total. The van der Waals surface area contributed by atoms with Crippen LogP contribution >= 0.6 is 0 Å². The Morgan fingerprint density at radius 1 is 1.00 bits per heavy atom. The highest BCUT2D eigenvalue weighted by Gasteiger charge is 2.14. The summed E-state index contributed by atoms with van der Waals surface area (Å²) < 4.78 is 0. The van der Waals surface area contributed by atoms with E-state index in [2.05, 4.69) is 49.9 Å². The molecule has 1 aliphatic heterocycles. The summed E-state index contributed by atoms with van der Waals surface area (Å²) in [4.78, 5) is 2.66. The number of piperidine rings is 1. The molecule has 1 fully saturated rings. The molecule has 1 aromatic rings. The van der Waals surface area contributed by atoms with Crippen LogP contribution in [0.25, 0.3) is 0 Å². The molecular formula is C21H35N. The number of hydrogen-bond acceptors (Lipinski definition) is 1. The molecule has 1 saturated heterocycles. The molecule has 1 heterocycles. The first-order valence-electron chi connectivity index (χ1n) is 9.54. The first-order valence-corrected chi connectivity index (χ1v) is 9.54. The Morgan fingerprint density at radius 3 is 2.27 bits per heavy atom. The van der Waals surface area contributed by atoms with Crippen LogP contribution in [0, 0.1) is 5.92 Å². The number of nitrogens with zero attached hydrogens (tertiary/aromatic N) is 1. The predicted molar refractivity (Wildman–Crippen MR) is 97.5 cm³/mol. The van der Waals surface area contributed by atoms with Crippen molar-refractivity contribution in [3.63, 3.8) is 0 Å². The lowest BCUT2D eigenvalue weighted by Gasteiger charge is -2.29. The number of hydrogen-bond donors (Lipinski definition) is 0.